The van der Waals surface area contributed by atoms with Gasteiger partial charge in [-0.1, -0.05) is 78.9 Å². The van der Waals surface area contributed by atoms with Crippen molar-refractivity contribution in [3.8, 4) is 22.3 Å². The second-order valence-electron chi connectivity index (χ2n) is 11.2. The lowest BCUT2D eigenvalue weighted by atomic mass is 9.85. The molecule has 0 saturated heterocycles. The van der Waals surface area contributed by atoms with Gasteiger partial charge in [0.25, 0.3) is 0 Å². The van der Waals surface area contributed by atoms with Gasteiger partial charge in [-0.05, 0) is 92.3 Å². The van der Waals surface area contributed by atoms with E-state index in [9.17, 15) is 0 Å². The Bertz CT molecular complexity index is 2680. The highest BCUT2D eigenvalue weighted by Crippen LogP contribution is 2.46. The minimum Gasteiger partial charge on any atom is -0.464 e. The van der Waals surface area contributed by atoms with Gasteiger partial charge >= 0.3 is 0 Å². The molecule has 0 aliphatic carbocycles. The third kappa shape index (κ3) is 3.14. The maximum Gasteiger partial charge on any atom is 0.145 e. The fourth-order valence-electron chi connectivity index (χ4n) is 7.07. The van der Waals surface area contributed by atoms with Crippen molar-refractivity contribution in [1.82, 2.24) is 0 Å². The predicted molar refractivity (Wildman–Crippen MR) is 177 cm³/mol. The first-order valence-electron chi connectivity index (χ1n) is 14.5. The molecule has 0 radical (unpaired) electrons. The molecule has 3 heterocycles. The molecule has 0 spiro atoms. The summed E-state index contributed by atoms with van der Waals surface area (Å²) >= 11 is 0. The van der Waals surface area contributed by atoms with E-state index in [-0.39, 0.29) is 0 Å². The number of furan rings is 3. The van der Waals surface area contributed by atoms with E-state index in [4.69, 9.17) is 13.3 Å². The van der Waals surface area contributed by atoms with Gasteiger partial charge in [0.2, 0.25) is 0 Å². The quantitative estimate of drug-likeness (QED) is 0.201. The van der Waals surface area contributed by atoms with Gasteiger partial charge in [0.15, 0.2) is 0 Å². The summed E-state index contributed by atoms with van der Waals surface area (Å²) in [5.41, 5.74) is 9.07. The highest BCUT2D eigenvalue weighted by molar-refractivity contribution is 6.23. The normalized spacial score (nSPS) is 12.2. The Balaban J connectivity index is 1.29. The third-order valence-electron chi connectivity index (χ3n) is 8.94. The summed E-state index contributed by atoms with van der Waals surface area (Å²) in [5.74, 6) is 0. The second-order valence-corrected chi connectivity index (χ2v) is 11.2. The van der Waals surface area contributed by atoms with Crippen LogP contribution in [0.2, 0.25) is 0 Å². The highest BCUT2D eigenvalue weighted by Gasteiger charge is 2.19. The number of para-hydroxylation sites is 1. The van der Waals surface area contributed by atoms with Crippen LogP contribution in [0.25, 0.3) is 98.6 Å². The lowest BCUT2D eigenvalue weighted by Crippen LogP contribution is -1.90. The molecule has 10 aromatic rings. The summed E-state index contributed by atoms with van der Waals surface area (Å²) in [5, 5.41) is 10.2. The molecule has 0 saturated carbocycles. The van der Waals surface area contributed by atoms with Crippen molar-refractivity contribution in [2.75, 3.05) is 0 Å². The Labute approximate surface area is 245 Å². The summed E-state index contributed by atoms with van der Waals surface area (Å²) < 4.78 is 18.5. The van der Waals surface area contributed by atoms with Crippen molar-refractivity contribution in [3.05, 3.63) is 134 Å². The Morgan fingerprint density at radius 3 is 1.67 bits per heavy atom. The Morgan fingerprint density at radius 1 is 0.372 bits per heavy atom. The van der Waals surface area contributed by atoms with Crippen LogP contribution < -0.4 is 0 Å². The molecule has 0 fully saturated rings. The number of hydrogen-bond donors (Lipinski definition) is 0. The minimum absolute atomic E-state index is 0.834. The highest BCUT2D eigenvalue weighted by atomic mass is 16.3. The van der Waals surface area contributed by atoms with Crippen molar-refractivity contribution in [2.45, 2.75) is 0 Å². The van der Waals surface area contributed by atoms with Crippen LogP contribution in [0.1, 0.15) is 0 Å². The molecule has 3 heteroatoms. The van der Waals surface area contributed by atoms with E-state index in [1.165, 1.54) is 32.7 Å². The lowest BCUT2D eigenvalue weighted by Gasteiger charge is -2.17. The molecule has 3 nitrogen and oxygen atoms in total. The zero-order valence-corrected chi connectivity index (χ0v) is 22.9. The van der Waals surface area contributed by atoms with E-state index in [1.54, 1.807) is 6.26 Å². The first kappa shape index (κ1) is 22.8. The second kappa shape index (κ2) is 8.37. The zero-order chi connectivity index (χ0) is 28.1. The molecule has 0 unspecified atom stereocenters. The van der Waals surface area contributed by atoms with Crippen LogP contribution in [0.3, 0.4) is 0 Å². The Morgan fingerprint density at radius 2 is 0.930 bits per heavy atom. The van der Waals surface area contributed by atoms with Crippen molar-refractivity contribution >= 4 is 76.4 Å². The fourth-order valence-corrected chi connectivity index (χ4v) is 7.07. The molecule has 0 aliphatic heterocycles. The van der Waals surface area contributed by atoms with E-state index >= 15 is 0 Å². The molecular formula is C40H22O3. The topological polar surface area (TPSA) is 39.4 Å². The van der Waals surface area contributed by atoms with E-state index < -0.39 is 0 Å². The van der Waals surface area contributed by atoms with Crippen LogP contribution in [0.5, 0.6) is 0 Å². The van der Waals surface area contributed by atoms with Gasteiger partial charge in [0, 0.05) is 21.5 Å². The summed E-state index contributed by atoms with van der Waals surface area (Å²) in [6, 6.07) is 44.9. The average Bonchev–Trinajstić information content (AvgIpc) is 3.77. The summed E-state index contributed by atoms with van der Waals surface area (Å²) in [4.78, 5) is 0. The molecule has 0 atom stereocenters. The van der Waals surface area contributed by atoms with Gasteiger partial charge in [-0.15, -0.1) is 0 Å². The maximum atomic E-state index is 6.31. The van der Waals surface area contributed by atoms with E-state index in [0.717, 1.165) is 66.0 Å². The van der Waals surface area contributed by atoms with Crippen LogP contribution in [-0.4, -0.2) is 0 Å². The molecule has 43 heavy (non-hydrogen) atoms. The number of hydrogen-bond acceptors (Lipinski definition) is 3. The largest absolute Gasteiger partial charge is 0.464 e. The van der Waals surface area contributed by atoms with Crippen molar-refractivity contribution in [1.29, 1.82) is 0 Å². The molecule has 0 N–H and O–H groups in total. The molecule has 7 aromatic carbocycles. The predicted octanol–water partition coefficient (Wildman–Crippen LogP) is 11.9. The lowest BCUT2D eigenvalue weighted by molar-refractivity contribution is 0.618. The number of rotatable bonds is 2. The van der Waals surface area contributed by atoms with Crippen molar-refractivity contribution < 1.29 is 13.3 Å². The molecule has 10 rings (SSSR count). The Kier molecular flexibility index (Phi) is 4.45. The minimum atomic E-state index is 0.834. The zero-order valence-electron chi connectivity index (χ0n) is 22.9. The van der Waals surface area contributed by atoms with Gasteiger partial charge in [-0.3, -0.25) is 0 Å². The van der Waals surface area contributed by atoms with Crippen LogP contribution in [0.15, 0.2) is 147 Å². The van der Waals surface area contributed by atoms with Crippen molar-refractivity contribution in [3.63, 3.8) is 0 Å². The van der Waals surface area contributed by atoms with Crippen molar-refractivity contribution in [2.24, 2.45) is 0 Å². The SMILES string of the molecule is c1ccc2c(c1)oc1cc(-c3c4ccccc4c(-c4ccc5oc6ccc7ccoc7c6c5c4)c4ccccc34)ccc12. The van der Waals surface area contributed by atoms with Crippen LogP contribution >= 0.6 is 0 Å². The first-order chi connectivity index (χ1) is 21.3. The Hall–Kier alpha value is -5.80. The molecule has 0 bridgehead atoms. The molecule has 0 amide bonds. The van der Waals surface area contributed by atoms with Crippen LogP contribution in [-0.2, 0) is 0 Å². The summed E-state index contributed by atoms with van der Waals surface area (Å²) in [6.45, 7) is 0. The van der Waals surface area contributed by atoms with Gasteiger partial charge in [0.1, 0.15) is 27.9 Å². The van der Waals surface area contributed by atoms with E-state index in [0.29, 0.717) is 0 Å². The van der Waals surface area contributed by atoms with Crippen LogP contribution in [0.4, 0.5) is 0 Å². The monoisotopic (exact) mass is 550 g/mol. The maximum absolute atomic E-state index is 6.31. The van der Waals surface area contributed by atoms with Crippen LogP contribution in [0, 0.1) is 0 Å². The van der Waals surface area contributed by atoms with Gasteiger partial charge in [-0.25, -0.2) is 0 Å². The molecule has 200 valence electrons. The number of benzene rings is 7. The average molecular weight is 551 g/mol. The van der Waals surface area contributed by atoms with Gasteiger partial charge < -0.3 is 13.3 Å². The van der Waals surface area contributed by atoms with Gasteiger partial charge in [0.05, 0.1) is 11.6 Å². The molecule has 3 aromatic heterocycles. The summed E-state index contributed by atoms with van der Waals surface area (Å²) in [7, 11) is 0. The van der Waals surface area contributed by atoms with Gasteiger partial charge in [-0.2, -0.15) is 0 Å². The molecular weight excluding hydrogens is 528 g/mol. The number of fused-ring (bicyclic) bond motifs is 10. The van der Waals surface area contributed by atoms with E-state index in [1.807, 2.05) is 30.3 Å². The van der Waals surface area contributed by atoms with E-state index in [2.05, 4.69) is 97.1 Å². The fraction of sp³-hybridized carbons (Fsp3) is 0. The third-order valence-corrected chi connectivity index (χ3v) is 8.94. The molecule has 0 aliphatic rings. The smallest absolute Gasteiger partial charge is 0.145 e. The standard InChI is InChI=1S/C40H22O3/c1-3-10-30-28(8-1)37(24-15-17-34-32(21-24)39-35(42-34)18-14-23-19-20-41-40(23)39)29-9-2-4-11-31(29)38(30)25-13-16-27-26-7-5-6-12-33(26)43-36(27)22-25/h1-22H. The summed E-state index contributed by atoms with van der Waals surface area (Å²) in [6.07, 6.45) is 1.75. The first-order valence-corrected chi connectivity index (χ1v) is 14.5.